The lowest BCUT2D eigenvalue weighted by Crippen LogP contribution is -2.56. The molecule has 0 unspecified atom stereocenters. The number of urea groups is 1. The third kappa shape index (κ3) is 5.65. The molecule has 0 bridgehead atoms. The number of likely N-dealkylation sites (N-methyl/N-ethyl adjacent to an activating group) is 1. The number of hydrogen-bond acceptors (Lipinski definition) is 5. The number of esters is 1. The summed E-state index contributed by atoms with van der Waals surface area (Å²) >= 11 is 6.27. The number of carbonyl (C=O) groups is 3. The molecule has 4 rings (SSSR count). The van der Waals surface area contributed by atoms with Crippen LogP contribution in [-0.4, -0.2) is 78.0 Å². The van der Waals surface area contributed by atoms with Crippen molar-refractivity contribution in [1.82, 2.24) is 20.0 Å². The summed E-state index contributed by atoms with van der Waals surface area (Å²) in [6, 6.07) is 15.6. The van der Waals surface area contributed by atoms with Crippen molar-refractivity contribution in [3.05, 3.63) is 82.0 Å². The van der Waals surface area contributed by atoms with Crippen LogP contribution in [0.3, 0.4) is 0 Å². The van der Waals surface area contributed by atoms with Gasteiger partial charge in [-0.15, -0.1) is 0 Å². The minimum absolute atomic E-state index is 0.0819. The highest BCUT2D eigenvalue weighted by molar-refractivity contribution is 6.33. The fraction of sp³-hybridized carbons (Fsp3) is 0.393. The molecule has 9 heteroatoms. The van der Waals surface area contributed by atoms with Gasteiger partial charge >= 0.3 is 12.0 Å². The van der Waals surface area contributed by atoms with Crippen molar-refractivity contribution in [1.29, 1.82) is 0 Å². The van der Waals surface area contributed by atoms with Crippen LogP contribution in [0.15, 0.2) is 65.9 Å². The van der Waals surface area contributed by atoms with Gasteiger partial charge in [0.2, 0.25) is 0 Å². The molecule has 2 aliphatic heterocycles. The van der Waals surface area contributed by atoms with Gasteiger partial charge in [0, 0.05) is 44.5 Å². The molecule has 2 atom stereocenters. The summed E-state index contributed by atoms with van der Waals surface area (Å²) in [5.41, 5.74) is 2.38. The molecular weight excluding hydrogens is 492 g/mol. The molecule has 0 saturated carbocycles. The topological polar surface area (TPSA) is 82.2 Å². The van der Waals surface area contributed by atoms with Crippen molar-refractivity contribution in [2.24, 2.45) is 0 Å². The lowest BCUT2D eigenvalue weighted by Gasteiger charge is -2.43. The van der Waals surface area contributed by atoms with E-state index in [0.717, 1.165) is 5.56 Å². The Bertz CT molecular complexity index is 1190. The second kappa shape index (κ2) is 11.8. The molecule has 0 radical (unpaired) electrons. The van der Waals surface area contributed by atoms with Gasteiger partial charge in [0.1, 0.15) is 0 Å². The molecule has 1 N–H and O–H groups in total. The first-order valence-corrected chi connectivity index (χ1v) is 13.0. The summed E-state index contributed by atoms with van der Waals surface area (Å²) in [6.45, 7) is 8.37. The van der Waals surface area contributed by atoms with Crippen LogP contribution in [0.25, 0.3) is 0 Å². The largest absolute Gasteiger partial charge is 0.463 e. The number of nitrogens with zero attached hydrogens (tertiary/aromatic N) is 3. The van der Waals surface area contributed by atoms with Crippen LogP contribution >= 0.6 is 11.6 Å². The number of amides is 3. The zero-order valence-corrected chi connectivity index (χ0v) is 22.2. The molecule has 2 heterocycles. The molecule has 1 saturated heterocycles. The van der Waals surface area contributed by atoms with E-state index >= 15 is 0 Å². The summed E-state index contributed by atoms with van der Waals surface area (Å²) in [5, 5.41) is 3.42. The Kier molecular flexibility index (Phi) is 8.51. The Hall–Kier alpha value is -3.36. The number of rotatable bonds is 7. The Morgan fingerprint density at radius 3 is 2.41 bits per heavy atom. The van der Waals surface area contributed by atoms with Crippen LogP contribution in [0.5, 0.6) is 0 Å². The first-order chi connectivity index (χ1) is 17.8. The summed E-state index contributed by atoms with van der Waals surface area (Å²) in [4.78, 5) is 45.2. The molecule has 0 aliphatic carbocycles. The van der Waals surface area contributed by atoms with E-state index in [2.05, 4.69) is 10.2 Å². The van der Waals surface area contributed by atoms with E-state index in [0.29, 0.717) is 54.6 Å². The van der Waals surface area contributed by atoms with Crippen LogP contribution in [0.4, 0.5) is 4.79 Å². The van der Waals surface area contributed by atoms with E-state index in [1.807, 2.05) is 49.1 Å². The third-order valence-electron chi connectivity index (χ3n) is 6.83. The van der Waals surface area contributed by atoms with Gasteiger partial charge < -0.3 is 15.0 Å². The average Bonchev–Trinajstić information content (AvgIpc) is 2.89. The number of piperazine rings is 1. The first kappa shape index (κ1) is 26.7. The highest BCUT2D eigenvalue weighted by atomic mass is 35.5. The Morgan fingerprint density at radius 2 is 1.76 bits per heavy atom. The highest BCUT2D eigenvalue weighted by Gasteiger charge is 2.39. The minimum atomic E-state index is -0.605. The fourth-order valence-corrected chi connectivity index (χ4v) is 5.25. The molecule has 8 nitrogen and oxygen atoms in total. The van der Waals surface area contributed by atoms with E-state index in [4.69, 9.17) is 16.3 Å². The van der Waals surface area contributed by atoms with Gasteiger partial charge in [0.15, 0.2) is 0 Å². The SMILES string of the molecule is CCOC(=O)C1=C(CN2CCN(C(=O)c3ccccc3Cl)[C@H](C)C2)N(CC)C(=O)N[C@H]1c1ccccc1. The normalized spacial score (nSPS) is 20.6. The molecule has 1 fully saturated rings. The Morgan fingerprint density at radius 1 is 1.05 bits per heavy atom. The average molecular weight is 525 g/mol. The van der Waals surface area contributed by atoms with E-state index in [1.165, 1.54) is 0 Å². The standard InChI is InChI=1S/C28H33ClN4O4/c1-4-32-23(24(27(35)37-5-2)25(30-28(32)36)20-11-7-6-8-12-20)18-31-15-16-33(19(3)17-31)26(34)21-13-9-10-14-22(21)29/h6-14,19,25H,4-5,15-18H2,1-3H3,(H,30,36)/t19-,25+/m1/s1. The smallest absolute Gasteiger partial charge is 0.338 e. The van der Waals surface area contributed by atoms with Gasteiger partial charge in [0.25, 0.3) is 5.91 Å². The molecule has 2 aromatic rings. The quantitative estimate of drug-likeness (QED) is 0.552. The molecule has 2 aromatic carbocycles. The van der Waals surface area contributed by atoms with Crippen LogP contribution < -0.4 is 5.32 Å². The number of nitrogens with one attached hydrogen (secondary N) is 1. The van der Waals surface area contributed by atoms with E-state index in [-0.39, 0.29) is 24.6 Å². The summed E-state index contributed by atoms with van der Waals surface area (Å²) in [5.74, 6) is -0.536. The molecule has 196 valence electrons. The van der Waals surface area contributed by atoms with Gasteiger partial charge in [-0.25, -0.2) is 9.59 Å². The lowest BCUT2D eigenvalue weighted by atomic mass is 9.94. The molecule has 3 amide bonds. The lowest BCUT2D eigenvalue weighted by molar-refractivity contribution is -0.139. The zero-order chi connectivity index (χ0) is 26.5. The summed E-state index contributed by atoms with van der Waals surface area (Å²) < 4.78 is 5.45. The second-order valence-electron chi connectivity index (χ2n) is 9.18. The first-order valence-electron chi connectivity index (χ1n) is 12.7. The van der Waals surface area contributed by atoms with Gasteiger partial charge in [-0.05, 0) is 38.5 Å². The van der Waals surface area contributed by atoms with Gasteiger partial charge in [-0.2, -0.15) is 0 Å². The number of ether oxygens (including phenoxy) is 1. The van der Waals surface area contributed by atoms with Crippen molar-refractivity contribution in [3.8, 4) is 0 Å². The van der Waals surface area contributed by atoms with Crippen LogP contribution in [0, 0.1) is 0 Å². The van der Waals surface area contributed by atoms with E-state index < -0.39 is 12.0 Å². The number of carbonyl (C=O) groups excluding carboxylic acids is 3. The van der Waals surface area contributed by atoms with Crippen LogP contribution in [0.1, 0.15) is 42.7 Å². The Balaban J connectivity index is 1.62. The third-order valence-corrected chi connectivity index (χ3v) is 7.16. The van der Waals surface area contributed by atoms with Crippen molar-refractivity contribution in [2.45, 2.75) is 32.9 Å². The summed E-state index contributed by atoms with van der Waals surface area (Å²) in [7, 11) is 0. The van der Waals surface area contributed by atoms with Crippen molar-refractivity contribution < 1.29 is 19.1 Å². The molecule has 37 heavy (non-hydrogen) atoms. The van der Waals surface area contributed by atoms with Crippen molar-refractivity contribution in [2.75, 3.05) is 39.3 Å². The van der Waals surface area contributed by atoms with E-state index in [9.17, 15) is 14.4 Å². The maximum absolute atomic E-state index is 13.3. The number of halogens is 1. The molecule has 0 spiro atoms. The second-order valence-corrected chi connectivity index (χ2v) is 9.59. The molecule has 0 aromatic heterocycles. The van der Waals surface area contributed by atoms with Gasteiger partial charge in [0.05, 0.1) is 28.8 Å². The molecular formula is C28H33ClN4O4. The van der Waals surface area contributed by atoms with E-state index in [1.54, 1.807) is 36.1 Å². The summed E-state index contributed by atoms with van der Waals surface area (Å²) in [6.07, 6.45) is 0. The van der Waals surface area contributed by atoms with Crippen LogP contribution in [-0.2, 0) is 9.53 Å². The molecule has 2 aliphatic rings. The predicted molar refractivity (Wildman–Crippen MR) is 142 cm³/mol. The van der Waals surface area contributed by atoms with Gasteiger partial charge in [-0.3, -0.25) is 14.6 Å². The maximum atomic E-state index is 13.3. The minimum Gasteiger partial charge on any atom is -0.463 e. The predicted octanol–water partition coefficient (Wildman–Crippen LogP) is 4.09. The Labute approximate surface area is 222 Å². The highest BCUT2D eigenvalue weighted by Crippen LogP contribution is 2.32. The maximum Gasteiger partial charge on any atom is 0.338 e. The zero-order valence-electron chi connectivity index (χ0n) is 21.4. The van der Waals surface area contributed by atoms with Gasteiger partial charge in [-0.1, -0.05) is 54.1 Å². The van der Waals surface area contributed by atoms with Crippen LogP contribution in [0.2, 0.25) is 5.02 Å². The van der Waals surface area contributed by atoms with Crippen molar-refractivity contribution in [3.63, 3.8) is 0 Å². The fourth-order valence-electron chi connectivity index (χ4n) is 5.03. The number of hydrogen-bond donors (Lipinski definition) is 1. The van der Waals surface area contributed by atoms with Crippen molar-refractivity contribution >= 4 is 29.5 Å². The monoisotopic (exact) mass is 524 g/mol. The number of benzene rings is 2.